The van der Waals surface area contributed by atoms with Crippen molar-refractivity contribution in [1.82, 2.24) is 0 Å². The summed E-state index contributed by atoms with van der Waals surface area (Å²) in [5.74, 6) is 2.01. The van der Waals surface area contributed by atoms with Crippen molar-refractivity contribution in [3.05, 3.63) is 80.8 Å². The lowest BCUT2D eigenvalue weighted by Crippen LogP contribution is -2.03. The molecule has 0 aromatic heterocycles. The highest BCUT2D eigenvalue weighted by molar-refractivity contribution is 9.10. The van der Waals surface area contributed by atoms with E-state index >= 15 is 0 Å². The van der Waals surface area contributed by atoms with Gasteiger partial charge in [-0.15, -0.1) is 0 Å². The minimum absolute atomic E-state index is 0.469. The van der Waals surface area contributed by atoms with Crippen molar-refractivity contribution in [2.24, 2.45) is 0 Å². The van der Waals surface area contributed by atoms with Crippen LogP contribution in [0.1, 0.15) is 16.7 Å². The number of hydrogen-bond acceptors (Lipinski definition) is 4. The molecule has 152 valence electrons. The lowest BCUT2D eigenvalue weighted by molar-refractivity contribution is 0.282. The van der Waals surface area contributed by atoms with E-state index in [-0.39, 0.29) is 0 Å². The number of rotatable bonds is 8. The fraction of sp³-hybridized carbons (Fsp3) is 0.217. The average Bonchev–Trinajstić information content (AvgIpc) is 2.72. The maximum Gasteiger partial charge on any atom is 0.175 e. The Bertz CT molecular complexity index is 977. The SMILES string of the molecule is COc1ccc(NCc2cc(Br)c(OCc3ccc(C)cc3)c(OC)c2)cc1Cl. The average molecular weight is 477 g/mol. The summed E-state index contributed by atoms with van der Waals surface area (Å²) in [6.07, 6.45) is 0. The van der Waals surface area contributed by atoms with Gasteiger partial charge in [0.25, 0.3) is 0 Å². The monoisotopic (exact) mass is 475 g/mol. The quantitative estimate of drug-likeness (QED) is 0.396. The zero-order valence-corrected chi connectivity index (χ0v) is 18.9. The van der Waals surface area contributed by atoms with Gasteiger partial charge in [-0.2, -0.15) is 0 Å². The Kier molecular flexibility index (Phi) is 7.29. The van der Waals surface area contributed by atoms with Crippen LogP contribution >= 0.6 is 27.5 Å². The van der Waals surface area contributed by atoms with Crippen molar-refractivity contribution in [1.29, 1.82) is 0 Å². The summed E-state index contributed by atoms with van der Waals surface area (Å²) < 4.78 is 17.6. The molecule has 0 amide bonds. The maximum absolute atomic E-state index is 6.19. The van der Waals surface area contributed by atoms with Gasteiger partial charge < -0.3 is 19.5 Å². The normalized spacial score (nSPS) is 10.5. The third-order valence-corrected chi connectivity index (χ3v) is 5.33. The first-order chi connectivity index (χ1) is 14.0. The fourth-order valence-electron chi connectivity index (χ4n) is 2.84. The summed E-state index contributed by atoms with van der Waals surface area (Å²) in [5, 5.41) is 3.92. The summed E-state index contributed by atoms with van der Waals surface area (Å²) in [6.45, 7) is 3.14. The van der Waals surface area contributed by atoms with E-state index in [0.29, 0.717) is 35.4 Å². The molecule has 0 spiro atoms. The summed E-state index contributed by atoms with van der Waals surface area (Å²) >= 11 is 9.80. The van der Waals surface area contributed by atoms with E-state index in [1.165, 1.54) is 5.56 Å². The lowest BCUT2D eigenvalue weighted by atomic mass is 10.1. The molecule has 0 heterocycles. The molecule has 0 aliphatic heterocycles. The lowest BCUT2D eigenvalue weighted by Gasteiger charge is -2.15. The van der Waals surface area contributed by atoms with Gasteiger partial charge in [0.2, 0.25) is 0 Å². The topological polar surface area (TPSA) is 39.7 Å². The van der Waals surface area contributed by atoms with Crippen molar-refractivity contribution in [2.75, 3.05) is 19.5 Å². The third kappa shape index (κ3) is 5.58. The van der Waals surface area contributed by atoms with Crippen LogP contribution in [0, 0.1) is 6.92 Å². The van der Waals surface area contributed by atoms with Crippen LogP contribution in [-0.2, 0) is 13.2 Å². The highest BCUT2D eigenvalue weighted by atomic mass is 79.9. The minimum atomic E-state index is 0.469. The van der Waals surface area contributed by atoms with Crippen molar-refractivity contribution < 1.29 is 14.2 Å². The molecule has 6 heteroatoms. The summed E-state index contributed by atoms with van der Waals surface area (Å²) in [6, 6.07) is 17.9. The standard InChI is InChI=1S/C23H23BrClNO3/c1-15-4-6-16(7-5-15)14-29-23-19(24)10-17(11-22(23)28-3)13-26-18-8-9-21(27-2)20(25)12-18/h4-12,26H,13-14H2,1-3H3. The molecule has 1 N–H and O–H groups in total. The molecule has 0 radical (unpaired) electrons. The molecule has 3 rings (SSSR count). The van der Waals surface area contributed by atoms with E-state index in [2.05, 4.69) is 52.4 Å². The molecular formula is C23H23BrClNO3. The van der Waals surface area contributed by atoms with Crippen LogP contribution in [0.2, 0.25) is 5.02 Å². The Hall–Kier alpha value is -2.37. The first-order valence-electron chi connectivity index (χ1n) is 9.12. The van der Waals surface area contributed by atoms with Crippen molar-refractivity contribution in [3.8, 4) is 17.2 Å². The van der Waals surface area contributed by atoms with Crippen molar-refractivity contribution in [3.63, 3.8) is 0 Å². The Morgan fingerprint density at radius 2 is 1.62 bits per heavy atom. The molecule has 0 atom stereocenters. The smallest absolute Gasteiger partial charge is 0.175 e. The molecule has 29 heavy (non-hydrogen) atoms. The molecule has 0 aliphatic carbocycles. The number of aryl methyl sites for hydroxylation is 1. The number of ether oxygens (including phenoxy) is 3. The van der Waals surface area contributed by atoms with E-state index in [1.54, 1.807) is 14.2 Å². The second-order valence-corrected chi connectivity index (χ2v) is 7.85. The second kappa shape index (κ2) is 9.90. The summed E-state index contributed by atoms with van der Waals surface area (Å²) in [7, 11) is 3.24. The van der Waals surface area contributed by atoms with Crippen LogP contribution in [0.25, 0.3) is 0 Å². The van der Waals surface area contributed by atoms with E-state index in [1.807, 2.05) is 30.3 Å². The molecule has 3 aromatic carbocycles. The van der Waals surface area contributed by atoms with Gasteiger partial charge in [-0.1, -0.05) is 41.4 Å². The van der Waals surface area contributed by atoms with Crippen LogP contribution in [0.15, 0.2) is 59.1 Å². The zero-order chi connectivity index (χ0) is 20.8. The first-order valence-corrected chi connectivity index (χ1v) is 10.3. The highest BCUT2D eigenvalue weighted by Crippen LogP contribution is 2.37. The van der Waals surface area contributed by atoms with Crippen LogP contribution in [0.5, 0.6) is 17.2 Å². The molecule has 0 unspecified atom stereocenters. The number of hydrogen-bond donors (Lipinski definition) is 1. The number of methoxy groups -OCH3 is 2. The number of nitrogens with one attached hydrogen (secondary N) is 1. The van der Waals surface area contributed by atoms with Gasteiger partial charge >= 0.3 is 0 Å². The largest absolute Gasteiger partial charge is 0.495 e. The predicted octanol–water partition coefficient (Wildman–Crippen LogP) is 6.62. The van der Waals surface area contributed by atoms with E-state index in [9.17, 15) is 0 Å². The second-order valence-electron chi connectivity index (χ2n) is 6.59. The van der Waals surface area contributed by atoms with Gasteiger partial charge in [0.1, 0.15) is 12.4 Å². The number of anilines is 1. The maximum atomic E-state index is 6.19. The van der Waals surface area contributed by atoms with Gasteiger partial charge in [0.05, 0.1) is 23.7 Å². The first kappa shape index (κ1) is 21.3. The number of benzene rings is 3. The fourth-order valence-corrected chi connectivity index (χ4v) is 3.70. The molecule has 0 bridgehead atoms. The molecule has 0 saturated heterocycles. The third-order valence-electron chi connectivity index (χ3n) is 4.44. The highest BCUT2D eigenvalue weighted by Gasteiger charge is 2.12. The van der Waals surface area contributed by atoms with Crippen molar-refractivity contribution >= 4 is 33.2 Å². The summed E-state index contributed by atoms with van der Waals surface area (Å²) in [5.41, 5.74) is 4.28. The molecule has 3 aromatic rings. The van der Waals surface area contributed by atoms with Gasteiger partial charge in [-0.05, 0) is 64.3 Å². The van der Waals surface area contributed by atoms with E-state index in [0.717, 1.165) is 21.3 Å². The molecule has 0 aliphatic rings. The molecule has 0 fully saturated rings. The van der Waals surface area contributed by atoms with Crippen LogP contribution in [-0.4, -0.2) is 14.2 Å². The molecular weight excluding hydrogens is 454 g/mol. The van der Waals surface area contributed by atoms with Gasteiger partial charge in [-0.3, -0.25) is 0 Å². The Balaban J connectivity index is 1.70. The molecule has 4 nitrogen and oxygen atoms in total. The van der Waals surface area contributed by atoms with Crippen molar-refractivity contribution in [2.45, 2.75) is 20.1 Å². The van der Waals surface area contributed by atoms with Gasteiger partial charge in [0.15, 0.2) is 11.5 Å². The van der Waals surface area contributed by atoms with Crippen LogP contribution in [0.4, 0.5) is 5.69 Å². The predicted molar refractivity (Wildman–Crippen MR) is 122 cm³/mol. The van der Waals surface area contributed by atoms with Gasteiger partial charge in [-0.25, -0.2) is 0 Å². The minimum Gasteiger partial charge on any atom is -0.495 e. The van der Waals surface area contributed by atoms with E-state index < -0.39 is 0 Å². The Morgan fingerprint density at radius 1 is 0.897 bits per heavy atom. The summed E-state index contributed by atoms with van der Waals surface area (Å²) in [4.78, 5) is 0. The zero-order valence-electron chi connectivity index (χ0n) is 16.6. The van der Waals surface area contributed by atoms with Crippen LogP contribution < -0.4 is 19.5 Å². The van der Waals surface area contributed by atoms with Crippen LogP contribution in [0.3, 0.4) is 0 Å². The number of halogens is 2. The molecule has 0 saturated carbocycles. The Labute approximate surface area is 184 Å². The van der Waals surface area contributed by atoms with Gasteiger partial charge in [0, 0.05) is 12.2 Å². The van der Waals surface area contributed by atoms with E-state index in [4.69, 9.17) is 25.8 Å². The Morgan fingerprint density at radius 3 is 2.28 bits per heavy atom.